The van der Waals surface area contributed by atoms with Crippen LogP contribution >= 0.6 is 11.6 Å². The topological polar surface area (TPSA) is 103 Å². The van der Waals surface area contributed by atoms with E-state index in [0.29, 0.717) is 47.0 Å². The molecule has 0 radical (unpaired) electrons. The maximum Gasteiger partial charge on any atom is 0.264 e. The molecule has 5 rings (SSSR count). The lowest BCUT2D eigenvalue weighted by atomic mass is 10.2. The Bertz CT molecular complexity index is 1630. The predicted octanol–water partition coefficient (Wildman–Crippen LogP) is 5.75. The van der Waals surface area contributed by atoms with Crippen molar-refractivity contribution in [2.75, 3.05) is 36.5 Å². The maximum absolute atomic E-state index is 13.7. The molecular weight excluding hydrogens is 556 g/mol. The largest absolute Gasteiger partial charge is 0.493 e. The number of halogens is 1. The van der Waals surface area contributed by atoms with Crippen LogP contribution in [0.2, 0.25) is 5.02 Å². The molecule has 4 aromatic rings. The van der Waals surface area contributed by atoms with E-state index in [4.69, 9.17) is 30.5 Å². The molecule has 1 N–H and O–H groups in total. The fraction of sp³-hybridized carbons (Fsp3) is 0.138. The normalized spacial score (nSPS) is 12.3. The molecule has 0 spiro atoms. The summed E-state index contributed by atoms with van der Waals surface area (Å²) in [4.78, 5) is 13.4. The van der Waals surface area contributed by atoms with Gasteiger partial charge in [0.05, 0.1) is 23.4 Å². The highest BCUT2D eigenvalue weighted by Gasteiger charge is 2.29. The van der Waals surface area contributed by atoms with E-state index in [9.17, 15) is 13.2 Å². The van der Waals surface area contributed by atoms with Crippen LogP contribution in [0.1, 0.15) is 0 Å². The average molecular weight is 581 g/mol. The van der Waals surface area contributed by atoms with Crippen molar-refractivity contribution in [3.8, 4) is 28.7 Å². The summed E-state index contributed by atoms with van der Waals surface area (Å²) in [6, 6.07) is 24.4. The maximum atomic E-state index is 13.7. The molecule has 0 atom stereocenters. The Morgan fingerprint density at radius 1 is 0.875 bits per heavy atom. The van der Waals surface area contributed by atoms with Crippen molar-refractivity contribution in [1.82, 2.24) is 0 Å². The lowest BCUT2D eigenvalue weighted by Crippen LogP contribution is -2.38. The lowest BCUT2D eigenvalue weighted by molar-refractivity contribution is -0.114. The number of anilines is 2. The van der Waals surface area contributed by atoms with Crippen molar-refractivity contribution in [1.29, 1.82) is 0 Å². The summed E-state index contributed by atoms with van der Waals surface area (Å²) in [5.41, 5.74) is 0.488. The Kier molecular flexibility index (Phi) is 7.99. The average Bonchev–Trinajstić information content (AvgIpc) is 2.97. The monoisotopic (exact) mass is 580 g/mol. The molecule has 4 aromatic carbocycles. The number of nitrogens with zero attached hydrogens (tertiary/aromatic N) is 1. The molecule has 0 bridgehead atoms. The van der Waals surface area contributed by atoms with E-state index in [1.54, 1.807) is 66.7 Å². The Morgan fingerprint density at radius 2 is 1.57 bits per heavy atom. The first kappa shape index (κ1) is 27.2. The summed E-state index contributed by atoms with van der Waals surface area (Å²) >= 11 is 6.22. The van der Waals surface area contributed by atoms with Crippen LogP contribution in [0.4, 0.5) is 11.4 Å². The second-order valence-corrected chi connectivity index (χ2v) is 10.9. The van der Waals surface area contributed by atoms with Gasteiger partial charge in [-0.3, -0.25) is 9.10 Å². The molecular formula is C29H25ClN2O7S. The number of hydrogen-bond donors (Lipinski definition) is 1. The standard InChI is InChI=1S/C29H25ClN2O7S/c1-36-25-9-5-6-10-27(25)39-24-13-11-20(30)17-23(24)31-29(33)19-32(40(34,35)22-7-3-2-4-8-22)21-12-14-26-28(18-21)38-16-15-37-26/h2-14,17-18H,15-16,19H2,1H3,(H,31,33). The summed E-state index contributed by atoms with van der Waals surface area (Å²) < 4.78 is 51.1. The number of benzene rings is 4. The van der Waals surface area contributed by atoms with Crippen molar-refractivity contribution in [2.45, 2.75) is 4.90 Å². The third kappa shape index (κ3) is 5.93. The first-order valence-corrected chi connectivity index (χ1v) is 14.0. The van der Waals surface area contributed by atoms with Crippen LogP contribution in [-0.2, 0) is 14.8 Å². The van der Waals surface area contributed by atoms with Crippen LogP contribution in [0.3, 0.4) is 0 Å². The number of para-hydroxylation sites is 2. The number of hydrogen-bond acceptors (Lipinski definition) is 7. The minimum Gasteiger partial charge on any atom is -0.493 e. The summed E-state index contributed by atoms with van der Waals surface area (Å²) in [5, 5.41) is 3.09. The van der Waals surface area contributed by atoms with Crippen molar-refractivity contribution < 1.29 is 32.2 Å². The number of methoxy groups -OCH3 is 1. The van der Waals surface area contributed by atoms with Gasteiger partial charge in [-0.05, 0) is 54.6 Å². The van der Waals surface area contributed by atoms with Crippen molar-refractivity contribution in [2.24, 2.45) is 0 Å². The van der Waals surface area contributed by atoms with Crippen LogP contribution in [-0.4, -0.2) is 41.2 Å². The van der Waals surface area contributed by atoms with Crippen LogP contribution in [0.5, 0.6) is 28.7 Å². The van der Waals surface area contributed by atoms with Gasteiger partial charge >= 0.3 is 0 Å². The van der Waals surface area contributed by atoms with Gasteiger partial charge in [-0.2, -0.15) is 0 Å². The third-order valence-electron chi connectivity index (χ3n) is 5.94. The van der Waals surface area contributed by atoms with Crippen molar-refractivity contribution in [3.05, 3.63) is 96.0 Å². The molecule has 1 amide bonds. The third-order valence-corrected chi connectivity index (χ3v) is 7.96. The summed E-state index contributed by atoms with van der Waals surface area (Å²) in [6.07, 6.45) is 0. The molecule has 206 valence electrons. The second-order valence-electron chi connectivity index (χ2n) is 8.59. The van der Waals surface area contributed by atoms with Gasteiger partial charge in [0.15, 0.2) is 28.7 Å². The van der Waals surface area contributed by atoms with E-state index in [2.05, 4.69) is 5.32 Å². The number of amides is 1. The SMILES string of the molecule is COc1ccccc1Oc1ccc(Cl)cc1NC(=O)CN(c1ccc2c(c1)OCCO2)S(=O)(=O)c1ccccc1. The van der Waals surface area contributed by atoms with Crippen LogP contribution in [0.15, 0.2) is 95.9 Å². The number of nitrogens with one attached hydrogen (secondary N) is 1. The fourth-order valence-electron chi connectivity index (χ4n) is 4.05. The van der Waals surface area contributed by atoms with Gasteiger partial charge in [-0.25, -0.2) is 8.42 Å². The summed E-state index contributed by atoms with van der Waals surface area (Å²) in [7, 11) is -2.62. The summed E-state index contributed by atoms with van der Waals surface area (Å²) in [6.45, 7) is 0.170. The molecule has 0 fully saturated rings. The molecule has 1 heterocycles. The van der Waals surface area contributed by atoms with E-state index >= 15 is 0 Å². The Labute approximate surface area is 236 Å². The molecule has 1 aliphatic rings. The van der Waals surface area contributed by atoms with E-state index < -0.39 is 22.5 Å². The van der Waals surface area contributed by atoms with Gasteiger partial charge in [-0.1, -0.05) is 41.9 Å². The van der Waals surface area contributed by atoms with Gasteiger partial charge in [0, 0.05) is 11.1 Å². The molecule has 0 unspecified atom stereocenters. The molecule has 0 saturated heterocycles. The summed E-state index contributed by atoms with van der Waals surface area (Å²) in [5.74, 6) is 1.47. The lowest BCUT2D eigenvalue weighted by Gasteiger charge is -2.26. The van der Waals surface area contributed by atoms with E-state index in [1.165, 1.54) is 31.4 Å². The van der Waals surface area contributed by atoms with Crippen molar-refractivity contribution in [3.63, 3.8) is 0 Å². The highest BCUT2D eigenvalue weighted by molar-refractivity contribution is 7.92. The minimum atomic E-state index is -4.14. The van der Waals surface area contributed by atoms with E-state index in [-0.39, 0.29) is 16.3 Å². The zero-order valence-corrected chi connectivity index (χ0v) is 22.9. The highest BCUT2D eigenvalue weighted by Crippen LogP contribution is 2.38. The van der Waals surface area contributed by atoms with E-state index in [0.717, 1.165) is 4.31 Å². The van der Waals surface area contributed by atoms with Gasteiger partial charge in [0.25, 0.3) is 10.0 Å². The molecule has 9 nitrogen and oxygen atoms in total. The molecule has 0 saturated carbocycles. The minimum absolute atomic E-state index is 0.0284. The molecule has 0 aliphatic carbocycles. The van der Waals surface area contributed by atoms with Gasteiger partial charge in [0.1, 0.15) is 19.8 Å². The first-order chi connectivity index (χ1) is 19.3. The predicted molar refractivity (Wildman–Crippen MR) is 152 cm³/mol. The van der Waals surface area contributed by atoms with Gasteiger partial charge in [-0.15, -0.1) is 0 Å². The molecule has 40 heavy (non-hydrogen) atoms. The molecule has 11 heteroatoms. The highest BCUT2D eigenvalue weighted by atomic mass is 35.5. The van der Waals surface area contributed by atoms with Crippen LogP contribution in [0, 0.1) is 0 Å². The number of fused-ring (bicyclic) bond motifs is 1. The van der Waals surface area contributed by atoms with E-state index in [1.807, 2.05) is 0 Å². The zero-order chi connectivity index (χ0) is 28.1. The number of sulfonamides is 1. The van der Waals surface area contributed by atoms with Gasteiger partial charge < -0.3 is 24.3 Å². The van der Waals surface area contributed by atoms with Crippen LogP contribution < -0.4 is 28.6 Å². The fourth-order valence-corrected chi connectivity index (χ4v) is 5.66. The Balaban J connectivity index is 1.46. The molecule has 1 aliphatic heterocycles. The molecule has 0 aromatic heterocycles. The number of ether oxygens (including phenoxy) is 4. The number of carbonyl (C=O) groups excluding carboxylic acids is 1. The quantitative estimate of drug-likeness (QED) is 0.269. The Hall–Kier alpha value is -4.41. The number of carbonyl (C=O) groups is 1. The smallest absolute Gasteiger partial charge is 0.264 e. The number of rotatable bonds is 9. The van der Waals surface area contributed by atoms with Crippen LogP contribution in [0.25, 0.3) is 0 Å². The van der Waals surface area contributed by atoms with Gasteiger partial charge in [0.2, 0.25) is 5.91 Å². The second kappa shape index (κ2) is 11.8. The Morgan fingerprint density at radius 3 is 2.33 bits per heavy atom. The van der Waals surface area contributed by atoms with Crippen molar-refractivity contribution >= 4 is 38.9 Å². The zero-order valence-electron chi connectivity index (χ0n) is 21.4. The first-order valence-electron chi connectivity index (χ1n) is 12.2.